The van der Waals surface area contributed by atoms with Gasteiger partial charge in [0.2, 0.25) is 11.8 Å². The van der Waals surface area contributed by atoms with Crippen molar-refractivity contribution < 1.29 is 24.3 Å². The van der Waals surface area contributed by atoms with Gasteiger partial charge in [-0.25, -0.2) is 4.98 Å². The summed E-state index contributed by atoms with van der Waals surface area (Å²) in [5.41, 5.74) is 1.85. The van der Waals surface area contributed by atoms with Crippen LogP contribution in [0, 0.1) is 11.8 Å². The van der Waals surface area contributed by atoms with Gasteiger partial charge in [0.05, 0.1) is 29.8 Å². The highest BCUT2D eigenvalue weighted by Crippen LogP contribution is 2.16. The summed E-state index contributed by atoms with van der Waals surface area (Å²) in [6.07, 6.45) is 1.56. The lowest BCUT2D eigenvalue weighted by atomic mass is 9.91. The first-order valence-electron chi connectivity index (χ1n) is 9.45. The summed E-state index contributed by atoms with van der Waals surface area (Å²) in [6, 6.07) is 6.57. The van der Waals surface area contributed by atoms with Crippen LogP contribution in [0.1, 0.15) is 26.7 Å². The number of imidazole rings is 1. The highest BCUT2D eigenvalue weighted by molar-refractivity contribution is 5.88. The molecular formula is C20H26N4O5. The number of benzene rings is 1. The molecule has 1 heterocycles. The summed E-state index contributed by atoms with van der Waals surface area (Å²) >= 11 is 0. The molecule has 2 rings (SSSR count). The molecule has 9 heteroatoms. The molecule has 2 aromatic rings. The minimum Gasteiger partial charge on any atom is -0.481 e. The van der Waals surface area contributed by atoms with Crippen molar-refractivity contribution in [3.05, 3.63) is 30.6 Å². The van der Waals surface area contributed by atoms with Crippen molar-refractivity contribution in [2.45, 2.75) is 39.3 Å². The highest BCUT2D eigenvalue weighted by Gasteiger charge is 2.27. The van der Waals surface area contributed by atoms with Crippen LogP contribution in [-0.2, 0) is 25.7 Å². The van der Waals surface area contributed by atoms with E-state index in [9.17, 15) is 19.2 Å². The lowest BCUT2D eigenvalue weighted by Crippen LogP contribution is -2.44. The number of fused-ring (bicyclic) bond motifs is 1. The molecule has 29 heavy (non-hydrogen) atoms. The Hall–Kier alpha value is -3.23. The number of aldehydes is 1. The fourth-order valence-corrected chi connectivity index (χ4v) is 3.02. The Morgan fingerprint density at radius 2 is 1.93 bits per heavy atom. The van der Waals surface area contributed by atoms with Crippen molar-refractivity contribution in [2.24, 2.45) is 11.8 Å². The van der Waals surface area contributed by atoms with Crippen molar-refractivity contribution >= 4 is 35.1 Å². The van der Waals surface area contributed by atoms with Crippen LogP contribution in [0.5, 0.6) is 0 Å². The number of aromatic nitrogens is 2. The minimum absolute atomic E-state index is 0.0488. The number of hydrogen-bond donors (Lipinski definition) is 3. The molecular weight excluding hydrogens is 376 g/mol. The Bertz CT molecular complexity index is 877. The Balaban J connectivity index is 1.87. The smallest absolute Gasteiger partial charge is 0.305 e. The van der Waals surface area contributed by atoms with Gasteiger partial charge in [-0.3, -0.25) is 14.4 Å². The van der Waals surface area contributed by atoms with E-state index in [1.54, 1.807) is 20.2 Å². The van der Waals surface area contributed by atoms with E-state index >= 15 is 0 Å². The molecule has 0 fully saturated rings. The molecule has 0 aliphatic carbocycles. The van der Waals surface area contributed by atoms with Gasteiger partial charge in [-0.05, 0) is 18.1 Å². The van der Waals surface area contributed by atoms with Gasteiger partial charge in [0.25, 0.3) is 0 Å². The SMILES string of the molecule is CC(C)[C@H](CC(=O)NCCn1cnc2ccccc21)C(=O)N[C@H](C=O)CC(=O)O. The molecule has 0 bridgehead atoms. The summed E-state index contributed by atoms with van der Waals surface area (Å²) in [5.74, 6) is -2.80. The average molecular weight is 402 g/mol. The second-order valence-electron chi connectivity index (χ2n) is 7.18. The first-order chi connectivity index (χ1) is 13.8. The van der Waals surface area contributed by atoms with E-state index in [2.05, 4.69) is 15.6 Å². The maximum atomic E-state index is 12.4. The van der Waals surface area contributed by atoms with Crippen LogP contribution in [0.2, 0.25) is 0 Å². The predicted octanol–water partition coefficient (Wildman–Crippen LogP) is 0.973. The van der Waals surface area contributed by atoms with Gasteiger partial charge in [-0.1, -0.05) is 26.0 Å². The monoisotopic (exact) mass is 402 g/mol. The van der Waals surface area contributed by atoms with Crippen LogP contribution in [0.3, 0.4) is 0 Å². The zero-order chi connectivity index (χ0) is 21.4. The normalized spacial score (nSPS) is 13.1. The summed E-state index contributed by atoms with van der Waals surface area (Å²) in [4.78, 5) is 50.7. The molecule has 1 aromatic heterocycles. The zero-order valence-electron chi connectivity index (χ0n) is 16.5. The predicted molar refractivity (Wildman–Crippen MR) is 106 cm³/mol. The number of nitrogens with zero attached hydrogens (tertiary/aromatic N) is 2. The Morgan fingerprint density at radius 1 is 1.21 bits per heavy atom. The van der Waals surface area contributed by atoms with E-state index in [-0.39, 0.29) is 18.2 Å². The number of aliphatic carboxylic acids is 1. The van der Waals surface area contributed by atoms with E-state index in [1.807, 2.05) is 28.8 Å². The molecule has 2 atom stereocenters. The Morgan fingerprint density at radius 3 is 2.59 bits per heavy atom. The average Bonchev–Trinajstić information content (AvgIpc) is 3.08. The number of carboxylic acid groups (broad SMARTS) is 1. The first kappa shape index (κ1) is 22.1. The number of rotatable bonds is 11. The number of hydrogen-bond acceptors (Lipinski definition) is 5. The first-order valence-corrected chi connectivity index (χ1v) is 9.45. The lowest BCUT2D eigenvalue weighted by Gasteiger charge is -2.21. The van der Waals surface area contributed by atoms with Gasteiger partial charge in [0.15, 0.2) is 0 Å². The minimum atomic E-state index is -1.19. The van der Waals surface area contributed by atoms with Crippen LogP contribution >= 0.6 is 0 Å². The van der Waals surface area contributed by atoms with Gasteiger partial charge in [0, 0.05) is 25.4 Å². The standard InChI is InChI=1S/C20H26N4O5/c1-13(2)15(20(29)23-14(11-25)9-19(27)28)10-18(26)21-7-8-24-12-22-16-5-3-4-6-17(16)24/h3-6,11-15H,7-10H2,1-2H3,(H,21,26)(H,23,29)(H,27,28)/t14-,15-/m0/s1. The van der Waals surface area contributed by atoms with Crippen molar-refractivity contribution in [3.63, 3.8) is 0 Å². The van der Waals surface area contributed by atoms with Crippen molar-refractivity contribution in [1.29, 1.82) is 0 Å². The van der Waals surface area contributed by atoms with Gasteiger partial charge in [0.1, 0.15) is 6.29 Å². The van der Waals surface area contributed by atoms with Gasteiger partial charge in [-0.15, -0.1) is 0 Å². The lowest BCUT2D eigenvalue weighted by molar-refractivity contribution is -0.139. The molecule has 0 unspecified atom stereocenters. The molecule has 156 valence electrons. The van der Waals surface area contributed by atoms with Crippen LogP contribution in [0.15, 0.2) is 30.6 Å². The third kappa shape index (κ3) is 6.41. The quantitative estimate of drug-likeness (QED) is 0.480. The third-order valence-corrected chi connectivity index (χ3v) is 4.64. The van der Waals surface area contributed by atoms with E-state index in [0.717, 1.165) is 11.0 Å². The third-order valence-electron chi connectivity index (χ3n) is 4.64. The molecule has 3 N–H and O–H groups in total. The van der Waals surface area contributed by atoms with E-state index in [0.29, 0.717) is 19.4 Å². The zero-order valence-corrected chi connectivity index (χ0v) is 16.5. The molecule has 0 spiro atoms. The number of para-hydroxylation sites is 2. The van der Waals surface area contributed by atoms with E-state index < -0.39 is 30.3 Å². The maximum Gasteiger partial charge on any atom is 0.305 e. The Labute approximate surface area is 168 Å². The Kier molecular flexibility index (Phi) is 7.88. The topological polar surface area (TPSA) is 130 Å². The number of carboxylic acids is 1. The number of carbonyl (C=O) groups excluding carboxylic acids is 3. The van der Waals surface area contributed by atoms with E-state index in [1.165, 1.54) is 0 Å². The van der Waals surface area contributed by atoms with Crippen LogP contribution in [0.4, 0.5) is 0 Å². The highest BCUT2D eigenvalue weighted by atomic mass is 16.4. The molecule has 2 amide bonds. The maximum absolute atomic E-state index is 12.4. The van der Waals surface area contributed by atoms with Gasteiger partial charge >= 0.3 is 5.97 Å². The molecule has 1 aromatic carbocycles. The van der Waals surface area contributed by atoms with Gasteiger partial charge in [-0.2, -0.15) is 0 Å². The summed E-state index contributed by atoms with van der Waals surface area (Å²) in [5, 5.41) is 14.0. The summed E-state index contributed by atoms with van der Waals surface area (Å²) in [7, 11) is 0. The largest absolute Gasteiger partial charge is 0.481 e. The van der Waals surface area contributed by atoms with Crippen LogP contribution in [-0.4, -0.2) is 51.3 Å². The number of carbonyl (C=O) groups is 4. The second-order valence-corrected chi connectivity index (χ2v) is 7.18. The second kappa shape index (κ2) is 10.4. The molecule has 0 aliphatic heterocycles. The van der Waals surface area contributed by atoms with Crippen molar-refractivity contribution in [1.82, 2.24) is 20.2 Å². The van der Waals surface area contributed by atoms with Crippen molar-refractivity contribution in [3.8, 4) is 0 Å². The molecule has 0 aliphatic rings. The van der Waals surface area contributed by atoms with Gasteiger partial charge < -0.3 is 25.1 Å². The number of amides is 2. The fourth-order valence-electron chi connectivity index (χ4n) is 3.02. The van der Waals surface area contributed by atoms with Crippen LogP contribution in [0.25, 0.3) is 11.0 Å². The molecule has 9 nitrogen and oxygen atoms in total. The fraction of sp³-hybridized carbons (Fsp3) is 0.450. The number of nitrogens with one attached hydrogen (secondary N) is 2. The van der Waals surface area contributed by atoms with Crippen LogP contribution < -0.4 is 10.6 Å². The molecule has 0 saturated carbocycles. The summed E-state index contributed by atoms with van der Waals surface area (Å²) < 4.78 is 1.93. The van der Waals surface area contributed by atoms with Crippen molar-refractivity contribution in [2.75, 3.05) is 6.54 Å². The van der Waals surface area contributed by atoms with E-state index in [4.69, 9.17) is 5.11 Å². The molecule has 0 saturated heterocycles. The summed E-state index contributed by atoms with van der Waals surface area (Å²) in [6.45, 7) is 4.50. The molecule has 0 radical (unpaired) electrons.